The van der Waals surface area contributed by atoms with Crippen LogP contribution in [0.3, 0.4) is 0 Å². The van der Waals surface area contributed by atoms with Crippen molar-refractivity contribution in [1.82, 2.24) is 10.2 Å². The molecule has 0 atom stereocenters. The Balaban J connectivity index is 1.44. The summed E-state index contributed by atoms with van der Waals surface area (Å²) in [5, 5.41) is 3.17. The Kier molecular flexibility index (Phi) is 3.22. The molecule has 1 aliphatic heterocycles. The van der Waals surface area contributed by atoms with Gasteiger partial charge in [0.15, 0.2) is 0 Å². The first-order chi connectivity index (χ1) is 9.71. The Morgan fingerprint density at radius 1 is 1.33 bits per heavy atom. The summed E-state index contributed by atoms with van der Waals surface area (Å²) in [5.74, 6) is 0.906. The lowest BCUT2D eigenvalue weighted by molar-refractivity contribution is -0.134. The summed E-state index contributed by atoms with van der Waals surface area (Å²) >= 11 is 0. The zero-order valence-electron chi connectivity index (χ0n) is 13.4. The lowest BCUT2D eigenvalue weighted by Crippen LogP contribution is -2.60. The van der Waals surface area contributed by atoms with Gasteiger partial charge in [0.25, 0.3) is 0 Å². The molecule has 3 rings (SSSR count). The third kappa shape index (κ3) is 2.40. The fourth-order valence-corrected chi connectivity index (χ4v) is 3.78. The second kappa shape index (κ2) is 4.62. The minimum absolute atomic E-state index is 0.0376. The highest BCUT2D eigenvalue weighted by molar-refractivity contribution is 5.81. The maximum atomic E-state index is 12.3. The van der Waals surface area contributed by atoms with E-state index in [1.165, 1.54) is 0 Å². The van der Waals surface area contributed by atoms with Crippen LogP contribution in [0.15, 0.2) is 0 Å². The highest BCUT2D eigenvalue weighted by atomic mass is 16.6. The molecule has 0 aromatic rings. The van der Waals surface area contributed by atoms with E-state index in [9.17, 15) is 9.59 Å². The van der Waals surface area contributed by atoms with Crippen molar-refractivity contribution in [2.45, 2.75) is 58.0 Å². The monoisotopic (exact) mass is 294 g/mol. The van der Waals surface area contributed by atoms with E-state index in [1.807, 2.05) is 0 Å². The third-order valence-corrected chi connectivity index (χ3v) is 5.78. The van der Waals surface area contributed by atoms with Crippen molar-refractivity contribution in [2.24, 2.45) is 17.3 Å². The highest BCUT2D eigenvalue weighted by Crippen LogP contribution is 2.46. The Bertz CT molecular complexity index is 457. The topological polar surface area (TPSA) is 58.6 Å². The number of nitrogens with zero attached hydrogens (tertiary/aromatic N) is 1. The molecule has 1 N–H and O–H groups in total. The minimum atomic E-state index is -0.263. The molecular formula is C16H26N2O3. The molecule has 1 saturated heterocycles. The Morgan fingerprint density at radius 3 is 2.43 bits per heavy atom. The maximum Gasteiger partial charge on any atom is 0.410 e. The summed E-state index contributed by atoms with van der Waals surface area (Å²) in [5.41, 5.74) is 0.124. The molecule has 0 aromatic heterocycles. The van der Waals surface area contributed by atoms with Crippen LogP contribution >= 0.6 is 0 Å². The molecule has 2 aliphatic carbocycles. The molecular weight excluding hydrogens is 268 g/mol. The molecule has 5 nitrogen and oxygen atoms in total. The SMILES string of the molecule is CN1C(=O)OCC12CC(C(=O)NC1CC(C(C)(C)C)C1)C2. The number of nitrogens with one attached hydrogen (secondary N) is 1. The van der Waals surface area contributed by atoms with Gasteiger partial charge in [-0.05, 0) is 37.0 Å². The van der Waals surface area contributed by atoms with E-state index in [4.69, 9.17) is 4.74 Å². The van der Waals surface area contributed by atoms with Crippen molar-refractivity contribution in [3.63, 3.8) is 0 Å². The molecule has 5 heteroatoms. The molecule has 2 saturated carbocycles. The molecule has 118 valence electrons. The van der Waals surface area contributed by atoms with Crippen LogP contribution in [0.25, 0.3) is 0 Å². The summed E-state index contributed by atoms with van der Waals surface area (Å²) in [4.78, 5) is 25.3. The first-order valence-electron chi connectivity index (χ1n) is 7.92. The summed E-state index contributed by atoms with van der Waals surface area (Å²) in [6.45, 7) is 7.22. The van der Waals surface area contributed by atoms with Gasteiger partial charge >= 0.3 is 6.09 Å². The average Bonchev–Trinajstić information content (AvgIpc) is 2.57. The number of cyclic esters (lactones) is 1. The number of ether oxygens (including phenoxy) is 1. The molecule has 21 heavy (non-hydrogen) atoms. The van der Waals surface area contributed by atoms with Crippen LogP contribution in [0, 0.1) is 17.3 Å². The van der Waals surface area contributed by atoms with E-state index in [-0.39, 0.29) is 23.5 Å². The second-order valence-electron chi connectivity index (χ2n) is 8.18. The first kappa shape index (κ1) is 14.7. The summed E-state index contributed by atoms with van der Waals surface area (Å²) in [6.07, 6.45) is 3.39. The lowest BCUT2D eigenvalue weighted by atomic mass is 9.65. The normalized spacial score (nSPS) is 38.8. The van der Waals surface area contributed by atoms with Crippen LogP contribution in [0.5, 0.6) is 0 Å². The second-order valence-corrected chi connectivity index (χ2v) is 8.18. The van der Waals surface area contributed by atoms with Crippen LogP contribution < -0.4 is 5.32 Å². The van der Waals surface area contributed by atoms with Crippen molar-refractivity contribution >= 4 is 12.0 Å². The van der Waals surface area contributed by atoms with Gasteiger partial charge in [0.2, 0.25) is 5.91 Å². The van der Waals surface area contributed by atoms with Gasteiger partial charge in [0.1, 0.15) is 6.61 Å². The molecule has 0 bridgehead atoms. The van der Waals surface area contributed by atoms with Crippen molar-refractivity contribution in [1.29, 1.82) is 0 Å². The van der Waals surface area contributed by atoms with Crippen molar-refractivity contribution in [3.05, 3.63) is 0 Å². The number of hydrogen-bond donors (Lipinski definition) is 1. The highest BCUT2D eigenvalue weighted by Gasteiger charge is 2.56. The summed E-state index contributed by atoms with van der Waals surface area (Å²) < 4.78 is 5.07. The van der Waals surface area contributed by atoms with Gasteiger partial charge in [-0.1, -0.05) is 20.8 Å². The number of carbonyl (C=O) groups is 2. The molecule has 0 radical (unpaired) electrons. The number of likely N-dealkylation sites (N-methyl/N-ethyl adjacent to an activating group) is 1. The van der Waals surface area contributed by atoms with Gasteiger partial charge in [0.05, 0.1) is 5.54 Å². The Hall–Kier alpha value is -1.26. The quantitative estimate of drug-likeness (QED) is 0.849. The molecule has 0 unspecified atom stereocenters. The first-order valence-corrected chi connectivity index (χ1v) is 7.92. The van der Waals surface area contributed by atoms with Crippen molar-refractivity contribution < 1.29 is 14.3 Å². The van der Waals surface area contributed by atoms with E-state index in [2.05, 4.69) is 26.1 Å². The number of rotatable bonds is 2. The largest absolute Gasteiger partial charge is 0.447 e. The standard InChI is InChI=1S/C16H26N2O3/c1-15(2,3)11-5-12(6-11)17-13(19)10-7-16(8-10)9-21-14(20)18(16)4/h10-12H,5-9H2,1-4H3,(H,17,19). The molecule has 1 heterocycles. The minimum Gasteiger partial charge on any atom is -0.447 e. The molecule has 3 fully saturated rings. The zero-order chi connectivity index (χ0) is 15.4. The van der Waals surface area contributed by atoms with Crippen LogP contribution in [0.2, 0.25) is 0 Å². The summed E-state index contributed by atoms with van der Waals surface area (Å²) in [7, 11) is 1.77. The van der Waals surface area contributed by atoms with Crippen LogP contribution in [0.1, 0.15) is 46.5 Å². The van der Waals surface area contributed by atoms with Crippen LogP contribution in [0.4, 0.5) is 4.79 Å². The Morgan fingerprint density at radius 2 is 1.95 bits per heavy atom. The van der Waals surface area contributed by atoms with Gasteiger partial charge < -0.3 is 15.0 Å². The molecule has 0 aromatic carbocycles. The average molecular weight is 294 g/mol. The Labute approximate surface area is 126 Å². The molecule has 3 aliphatic rings. The van der Waals surface area contributed by atoms with Gasteiger partial charge in [-0.25, -0.2) is 4.79 Å². The lowest BCUT2D eigenvalue weighted by Gasteiger charge is -2.48. The fourth-order valence-electron chi connectivity index (χ4n) is 3.78. The van der Waals surface area contributed by atoms with Gasteiger partial charge in [-0.15, -0.1) is 0 Å². The smallest absolute Gasteiger partial charge is 0.410 e. The number of amides is 2. The van der Waals surface area contributed by atoms with Gasteiger partial charge in [0, 0.05) is 19.0 Å². The van der Waals surface area contributed by atoms with E-state index in [0.29, 0.717) is 24.0 Å². The van der Waals surface area contributed by atoms with E-state index < -0.39 is 0 Å². The third-order valence-electron chi connectivity index (χ3n) is 5.78. The summed E-state index contributed by atoms with van der Waals surface area (Å²) in [6, 6.07) is 0.345. The number of carbonyl (C=O) groups excluding carboxylic acids is 2. The zero-order valence-corrected chi connectivity index (χ0v) is 13.4. The van der Waals surface area contributed by atoms with E-state index in [0.717, 1.165) is 25.7 Å². The van der Waals surface area contributed by atoms with Crippen LogP contribution in [-0.2, 0) is 9.53 Å². The van der Waals surface area contributed by atoms with Gasteiger partial charge in [-0.3, -0.25) is 4.79 Å². The van der Waals surface area contributed by atoms with Crippen LogP contribution in [-0.4, -0.2) is 42.1 Å². The predicted octanol–water partition coefficient (Wildman–Crippen LogP) is 2.16. The number of hydrogen-bond acceptors (Lipinski definition) is 3. The van der Waals surface area contributed by atoms with Gasteiger partial charge in [-0.2, -0.15) is 0 Å². The van der Waals surface area contributed by atoms with E-state index in [1.54, 1.807) is 11.9 Å². The van der Waals surface area contributed by atoms with Crippen molar-refractivity contribution in [3.8, 4) is 0 Å². The van der Waals surface area contributed by atoms with E-state index >= 15 is 0 Å². The molecule has 2 amide bonds. The molecule has 1 spiro atoms. The maximum absolute atomic E-state index is 12.3. The van der Waals surface area contributed by atoms with Crippen molar-refractivity contribution in [2.75, 3.05) is 13.7 Å². The fraction of sp³-hybridized carbons (Fsp3) is 0.875. The predicted molar refractivity (Wildman–Crippen MR) is 78.7 cm³/mol.